The molecule has 0 aliphatic rings. The number of carbonyl (C=O) groups excluding carboxylic acids is 2. The van der Waals surface area contributed by atoms with Gasteiger partial charge in [0.25, 0.3) is 5.91 Å². The van der Waals surface area contributed by atoms with Gasteiger partial charge >= 0.3 is 5.97 Å². The van der Waals surface area contributed by atoms with Crippen molar-refractivity contribution < 1.29 is 14.3 Å². The second-order valence-electron chi connectivity index (χ2n) is 5.81. The summed E-state index contributed by atoms with van der Waals surface area (Å²) in [4.78, 5) is 30.5. The monoisotopic (exact) mass is 356 g/mol. The van der Waals surface area contributed by atoms with Crippen LogP contribution >= 0.6 is 0 Å². The van der Waals surface area contributed by atoms with Gasteiger partial charge in [-0.25, -0.2) is 10.8 Å². The highest BCUT2D eigenvalue weighted by Crippen LogP contribution is 2.21. The van der Waals surface area contributed by atoms with Crippen LogP contribution in [0.1, 0.15) is 29.3 Å². The van der Waals surface area contributed by atoms with Gasteiger partial charge in [0.05, 0.1) is 18.7 Å². The van der Waals surface area contributed by atoms with Crippen LogP contribution in [0.5, 0.6) is 0 Å². The summed E-state index contributed by atoms with van der Waals surface area (Å²) in [5.74, 6) is 5.68. The normalized spacial score (nSPS) is 10.3. The molecular weight excluding hydrogens is 332 g/mol. The Balaban J connectivity index is 2.28. The van der Waals surface area contributed by atoms with Crippen molar-refractivity contribution in [2.75, 3.05) is 30.1 Å². The lowest BCUT2D eigenvalue weighted by Gasteiger charge is -2.22. The van der Waals surface area contributed by atoms with Crippen molar-refractivity contribution in [1.82, 2.24) is 4.98 Å². The Morgan fingerprint density at radius 1 is 1.23 bits per heavy atom. The van der Waals surface area contributed by atoms with Crippen LogP contribution in [0.25, 0.3) is 0 Å². The quantitative estimate of drug-likeness (QED) is 0.465. The molecule has 0 bridgehead atoms. The molecule has 0 unspecified atom stereocenters. The number of amides is 1. The van der Waals surface area contributed by atoms with E-state index in [9.17, 15) is 9.59 Å². The molecule has 2 rings (SSSR count). The maximum absolute atomic E-state index is 13.0. The molecule has 7 nitrogen and oxygen atoms in total. The molecule has 1 heterocycles. The fourth-order valence-electron chi connectivity index (χ4n) is 2.61. The molecule has 1 aromatic carbocycles. The summed E-state index contributed by atoms with van der Waals surface area (Å²) < 4.78 is 4.96. The van der Waals surface area contributed by atoms with E-state index >= 15 is 0 Å². The first-order valence-electron chi connectivity index (χ1n) is 8.41. The number of nitrogens with zero attached hydrogens (tertiary/aromatic N) is 3. The SMILES string of the molecule is CCOC(=O)CCN(C(=O)c1ccc(N(C)N)c(C)c1)c1ccccn1. The van der Waals surface area contributed by atoms with Crippen molar-refractivity contribution in [1.29, 1.82) is 0 Å². The highest BCUT2D eigenvalue weighted by Gasteiger charge is 2.21. The van der Waals surface area contributed by atoms with Gasteiger partial charge in [0.2, 0.25) is 0 Å². The first kappa shape index (κ1) is 19.4. The number of aromatic nitrogens is 1. The Morgan fingerprint density at radius 3 is 2.58 bits per heavy atom. The zero-order valence-electron chi connectivity index (χ0n) is 15.3. The van der Waals surface area contributed by atoms with Crippen molar-refractivity contribution in [3.05, 3.63) is 53.7 Å². The van der Waals surface area contributed by atoms with Gasteiger partial charge in [-0.1, -0.05) is 6.07 Å². The van der Waals surface area contributed by atoms with Crippen LogP contribution in [0.2, 0.25) is 0 Å². The second-order valence-corrected chi connectivity index (χ2v) is 5.81. The standard InChI is InChI=1S/C19H24N4O3/c1-4-26-18(24)10-12-23(17-7-5-6-11-21-17)19(25)15-8-9-16(22(3)20)14(2)13-15/h5-9,11,13H,4,10,12,20H2,1-3H3. The van der Waals surface area contributed by atoms with Crippen molar-refractivity contribution >= 4 is 23.4 Å². The van der Waals surface area contributed by atoms with Crippen LogP contribution in [0, 0.1) is 6.92 Å². The van der Waals surface area contributed by atoms with Crippen LogP contribution < -0.4 is 15.8 Å². The summed E-state index contributed by atoms with van der Waals surface area (Å²) in [6, 6.07) is 10.6. The zero-order valence-corrected chi connectivity index (χ0v) is 15.3. The number of hydrogen-bond acceptors (Lipinski definition) is 6. The van der Waals surface area contributed by atoms with Gasteiger partial charge in [-0.3, -0.25) is 14.5 Å². The summed E-state index contributed by atoms with van der Waals surface area (Å²) in [6.07, 6.45) is 1.70. The summed E-state index contributed by atoms with van der Waals surface area (Å²) in [5.41, 5.74) is 2.22. The first-order chi connectivity index (χ1) is 12.4. The molecule has 0 saturated carbocycles. The van der Waals surface area contributed by atoms with E-state index in [1.807, 2.05) is 6.92 Å². The third-order valence-electron chi connectivity index (χ3n) is 3.84. The number of aryl methyl sites for hydroxylation is 1. The van der Waals surface area contributed by atoms with Crippen LogP contribution in [0.15, 0.2) is 42.6 Å². The molecule has 7 heteroatoms. The Labute approximate surface area is 153 Å². The number of hydrazine groups is 1. The lowest BCUT2D eigenvalue weighted by Crippen LogP contribution is -2.34. The molecule has 2 aromatic rings. The van der Waals surface area contributed by atoms with E-state index < -0.39 is 0 Å². The van der Waals surface area contributed by atoms with Gasteiger partial charge in [-0.05, 0) is 49.7 Å². The second kappa shape index (κ2) is 8.96. The number of benzene rings is 1. The Morgan fingerprint density at radius 2 is 2.00 bits per heavy atom. The fourth-order valence-corrected chi connectivity index (χ4v) is 2.61. The molecule has 0 fully saturated rings. The highest BCUT2D eigenvalue weighted by atomic mass is 16.5. The molecule has 2 N–H and O–H groups in total. The number of rotatable bonds is 7. The number of esters is 1. The average molecular weight is 356 g/mol. The number of ether oxygens (including phenoxy) is 1. The molecular formula is C19H24N4O3. The molecule has 0 aliphatic carbocycles. The van der Waals surface area contributed by atoms with E-state index in [-0.39, 0.29) is 24.8 Å². The van der Waals surface area contributed by atoms with Gasteiger partial charge in [0.1, 0.15) is 5.82 Å². The van der Waals surface area contributed by atoms with Gasteiger partial charge in [0, 0.05) is 25.4 Å². The molecule has 0 spiro atoms. The average Bonchev–Trinajstić information content (AvgIpc) is 2.62. The third kappa shape index (κ3) is 4.80. The molecule has 138 valence electrons. The molecule has 0 atom stereocenters. The van der Waals surface area contributed by atoms with Crippen molar-refractivity contribution in [2.45, 2.75) is 20.3 Å². The Hall–Kier alpha value is -2.93. The first-order valence-corrected chi connectivity index (χ1v) is 8.41. The third-order valence-corrected chi connectivity index (χ3v) is 3.84. The lowest BCUT2D eigenvalue weighted by molar-refractivity contribution is -0.142. The van der Waals surface area contributed by atoms with E-state index in [2.05, 4.69) is 4.98 Å². The van der Waals surface area contributed by atoms with E-state index in [1.54, 1.807) is 56.6 Å². The maximum Gasteiger partial charge on any atom is 0.307 e. The van der Waals surface area contributed by atoms with E-state index in [4.69, 9.17) is 10.6 Å². The summed E-state index contributed by atoms with van der Waals surface area (Å²) in [5, 5.41) is 1.50. The summed E-state index contributed by atoms with van der Waals surface area (Å²) in [6.45, 7) is 4.13. The minimum Gasteiger partial charge on any atom is -0.466 e. The molecule has 0 aliphatic heterocycles. The maximum atomic E-state index is 13.0. The topological polar surface area (TPSA) is 88.8 Å². The van der Waals surface area contributed by atoms with E-state index in [1.165, 1.54) is 9.91 Å². The number of hydrogen-bond donors (Lipinski definition) is 1. The number of carbonyl (C=O) groups is 2. The number of pyridine rings is 1. The predicted octanol–water partition coefficient (Wildman–Crippen LogP) is 2.30. The number of anilines is 2. The summed E-state index contributed by atoms with van der Waals surface area (Å²) >= 11 is 0. The Kier molecular flexibility index (Phi) is 6.68. The van der Waals surface area contributed by atoms with Gasteiger partial charge in [-0.15, -0.1) is 0 Å². The minimum atomic E-state index is -0.350. The molecule has 26 heavy (non-hydrogen) atoms. The molecule has 1 amide bonds. The van der Waals surface area contributed by atoms with Crippen molar-refractivity contribution in [2.24, 2.45) is 5.84 Å². The molecule has 1 aromatic heterocycles. The number of nitrogens with two attached hydrogens (primary N) is 1. The van der Waals surface area contributed by atoms with E-state index in [0.717, 1.165) is 11.3 Å². The van der Waals surface area contributed by atoms with Crippen molar-refractivity contribution in [3.8, 4) is 0 Å². The Bertz CT molecular complexity index is 763. The van der Waals surface area contributed by atoms with Crippen LogP contribution in [0.3, 0.4) is 0 Å². The van der Waals surface area contributed by atoms with E-state index in [0.29, 0.717) is 18.0 Å². The van der Waals surface area contributed by atoms with Gasteiger partial charge in [0.15, 0.2) is 0 Å². The van der Waals surface area contributed by atoms with Crippen LogP contribution in [-0.4, -0.2) is 37.1 Å². The minimum absolute atomic E-state index is 0.0960. The fraction of sp³-hybridized carbons (Fsp3) is 0.316. The van der Waals surface area contributed by atoms with Gasteiger partial charge in [-0.2, -0.15) is 0 Å². The highest BCUT2D eigenvalue weighted by molar-refractivity contribution is 6.06. The van der Waals surface area contributed by atoms with Crippen LogP contribution in [0.4, 0.5) is 11.5 Å². The van der Waals surface area contributed by atoms with Crippen LogP contribution in [-0.2, 0) is 9.53 Å². The van der Waals surface area contributed by atoms with Gasteiger partial charge < -0.3 is 9.75 Å². The summed E-state index contributed by atoms with van der Waals surface area (Å²) in [7, 11) is 1.74. The molecule has 0 saturated heterocycles. The largest absolute Gasteiger partial charge is 0.466 e. The predicted molar refractivity (Wildman–Crippen MR) is 101 cm³/mol. The zero-order chi connectivity index (χ0) is 19.1. The smallest absolute Gasteiger partial charge is 0.307 e. The molecule has 0 radical (unpaired) electrons. The lowest BCUT2D eigenvalue weighted by atomic mass is 10.1. The van der Waals surface area contributed by atoms with Crippen molar-refractivity contribution in [3.63, 3.8) is 0 Å².